The van der Waals surface area contributed by atoms with Gasteiger partial charge in [0.05, 0.1) is 31.3 Å². The van der Waals surface area contributed by atoms with E-state index in [1.807, 2.05) is 0 Å². The van der Waals surface area contributed by atoms with Gasteiger partial charge in [-0.25, -0.2) is 8.42 Å². The Labute approximate surface area is 219 Å². The molecule has 0 unspecified atom stereocenters. The third-order valence-corrected chi connectivity index (χ3v) is 7.93. The van der Waals surface area contributed by atoms with Gasteiger partial charge < -0.3 is 5.32 Å². The average molecular weight is 584 g/mol. The molecule has 0 spiro atoms. The van der Waals surface area contributed by atoms with Crippen LogP contribution in [-0.4, -0.2) is 20.1 Å². The monoisotopic (exact) mass is 582 g/mol. The molecule has 0 saturated heterocycles. The highest BCUT2D eigenvalue weighted by atomic mass is 35.5. The summed E-state index contributed by atoms with van der Waals surface area (Å²) in [6, 6.07) is 13.1. The molecule has 3 aromatic rings. The third-order valence-electron chi connectivity index (χ3n) is 4.46. The summed E-state index contributed by atoms with van der Waals surface area (Å²) >= 11 is 18.7. The lowest BCUT2D eigenvalue weighted by atomic mass is 10.2. The topological polar surface area (TPSA) is 75.3 Å². The SMILES string of the molecule is O=C(CSCc1ccc(Cl)c(Cl)c1)Nc1ccc(S(=O)(=O)Nc2ccc(Cl)c(C(F)(F)F)c2)cc1. The first-order valence-corrected chi connectivity index (χ1v) is 13.4. The van der Waals surface area contributed by atoms with E-state index in [4.69, 9.17) is 34.8 Å². The summed E-state index contributed by atoms with van der Waals surface area (Å²) in [5, 5.41) is 2.97. The van der Waals surface area contributed by atoms with Crippen molar-refractivity contribution in [2.75, 3.05) is 15.8 Å². The second-order valence-electron chi connectivity index (χ2n) is 7.11. The fourth-order valence-corrected chi connectivity index (χ4v) is 5.20. The zero-order valence-electron chi connectivity index (χ0n) is 17.5. The lowest BCUT2D eigenvalue weighted by molar-refractivity contribution is -0.137. The first kappa shape index (κ1) is 27.5. The number of sulfonamides is 1. The molecule has 0 saturated carbocycles. The second kappa shape index (κ2) is 11.3. The molecule has 1 amide bonds. The standard InChI is InChI=1S/C22H16Cl3F3N2O3S2/c23-18-8-4-15(10-17(18)22(26,27)28)30-35(32,33)16-5-2-14(3-6-16)29-21(31)12-34-11-13-1-7-19(24)20(25)9-13/h1-10,30H,11-12H2,(H,29,31). The van der Waals surface area contributed by atoms with Crippen molar-refractivity contribution in [3.8, 4) is 0 Å². The molecular weight excluding hydrogens is 568 g/mol. The predicted molar refractivity (Wildman–Crippen MR) is 135 cm³/mol. The van der Waals surface area contributed by atoms with Gasteiger partial charge in [0.25, 0.3) is 10.0 Å². The molecule has 0 aliphatic rings. The summed E-state index contributed by atoms with van der Waals surface area (Å²) in [5.41, 5.74) is -0.190. The van der Waals surface area contributed by atoms with Crippen molar-refractivity contribution in [3.05, 3.63) is 86.9 Å². The molecule has 0 atom stereocenters. The van der Waals surface area contributed by atoms with E-state index >= 15 is 0 Å². The Hall–Kier alpha value is -2.11. The molecule has 186 valence electrons. The Morgan fingerprint density at radius 2 is 1.49 bits per heavy atom. The van der Waals surface area contributed by atoms with E-state index in [0.29, 0.717) is 27.6 Å². The van der Waals surface area contributed by atoms with Crippen molar-refractivity contribution in [3.63, 3.8) is 0 Å². The fourth-order valence-electron chi connectivity index (χ4n) is 2.83. The van der Waals surface area contributed by atoms with Crippen LogP contribution in [0.15, 0.2) is 65.6 Å². The molecule has 2 N–H and O–H groups in total. The molecule has 0 bridgehead atoms. The summed E-state index contributed by atoms with van der Waals surface area (Å²) in [7, 11) is -4.18. The van der Waals surface area contributed by atoms with Crippen molar-refractivity contribution in [1.29, 1.82) is 0 Å². The van der Waals surface area contributed by atoms with Crippen LogP contribution in [0.1, 0.15) is 11.1 Å². The predicted octanol–water partition coefficient (Wildman–Crippen LogP) is 7.34. The Kier molecular flexibility index (Phi) is 8.87. The molecule has 3 aromatic carbocycles. The largest absolute Gasteiger partial charge is 0.417 e. The van der Waals surface area contributed by atoms with Crippen molar-refractivity contribution in [1.82, 2.24) is 0 Å². The van der Waals surface area contributed by atoms with E-state index in [-0.39, 0.29) is 22.2 Å². The number of halogens is 6. The molecular formula is C22H16Cl3F3N2O3S2. The van der Waals surface area contributed by atoms with Crippen LogP contribution in [0.25, 0.3) is 0 Å². The minimum Gasteiger partial charge on any atom is -0.325 e. The maximum atomic E-state index is 13.0. The number of benzene rings is 3. The normalized spacial score (nSPS) is 11.8. The van der Waals surface area contributed by atoms with Gasteiger partial charge in [0.2, 0.25) is 5.91 Å². The summed E-state index contributed by atoms with van der Waals surface area (Å²) in [6.45, 7) is 0. The van der Waals surface area contributed by atoms with E-state index in [2.05, 4.69) is 10.0 Å². The van der Waals surface area contributed by atoms with Crippen LogP contribution in [0, 0.1) is 0 Å². The van der Waals surface area contributed by atoms with Crippen LogP contribution in [0.2, 0.25) is 15.1 Å². The summed E-state index contributed by atoms with van der Waals surface area (Å²) in [6.07, 6.45) is -4.74. The minimum absolute atomic E-state index is 0.139. The summed E-state index contributed by atoms with van der Waals surface area (Å²) < 4.78 is 66.3. The lowest BCUT2D eigenvalue weighted by Crippen LogP contribution is -2.16. The quantitative estimate of drug-likeness (QED) is 0.291. The van der Waals surface area contributed by atoms with E-state index in [1.165, 1.54) is 36.0 Å². The zero-order valence-corrected chi connectivity index (χ0v) is 21.4. The number of anilines is 2. The number of carbonyl (C=O) groups excluding carboxylic acids is 1. The van der Waals surface area contributed by atoms with E-state index in [1.54, 1.807) is 18.2 Å². The number of alkyl halides is 3. The van der Waals surface area contributed by atoms with Crippen LogP contribution < -0.4 is 10.0 Å². The molecule has 35 heavy (non-hydrogen) atoms. The Morgan fingerprint density at radius 1 is 0.857 bits per heavy atom. The van der Waals surface area contributed by atoms with E-state index in [0.717, 1.165) is 17.7 Å². The highest BCUT2D eigenvalue weighted by Crippen LogP contribution is 2.36. The first-order valence-electron chi connectivity index (χ1n) is 9.66. The minimum atomic E-state index is -4.74. The number of carbonyl (C=O) groups is 1. The lowest BCUT2D eigenvalue weighted by Gasteiger charge is -2.13. The number of thioether (sulfide) groups is 1. The molecule has 13 heteroatoms. The number of rotatable bonds is 8. The van der Waals surface area contributed by atoms with Gasteiger partial charge in [-0.3, -0.25) is 9.52 Å². The number of hydrogen-bond acceptors (Lipinski definition) is 4. The number of nitrogens with one attached hydrogen (secondary N) is 2. The third kappa shape index (κ3) is 7.68. The van der Waals surface area contributed by atoms with E-state index in [9.17, 15) is 26.4 Å². The van der Waals surface area contributed by atoms with Gasteiger partial charge in [0.1, 0.15) is 0 Å². The maximum Gasteiger partial charge on any atom is 0.417 e. The highest BCUT2D eigenvalue weighted by molar-refractivity contribution is 7.99. The van der Waals surface area contributed by atoms with Crippen LogP contribution in [0.4, 0.5) is 24.5 Å². The first-order chi connectivity index (χ1) is 16.3. The van der Waals surface area contributed by atoms with Crippen molar-refractivity contribution in [2.45, 2.75) is 16.8 Å². The van der Waals surface area contributed by atoms with Gasteiger partial charge in [-0.2, -0.15) is 13.2 Å². The van der Waals surface area contributed by atoms with Crippen molar-refractivity contribution >= 4 is 73.9 Å². The molecule has 0 aliphatic carbocycles. The van der Waals surface area contributed by atoms with Crippen LogP contribution in [0.3, 0.4) is 0 Å². The van der Waals surface area contributed by atoms with E-state index < -0.39 is 26.8 Å². The fraction of sp³-hybridized carbons (Fsp3) is 0.136. The molecule has 0 aliphatic heterocycles. The number of hydrogen-bond donors (Lipinski definition) is 2. The highest BCUT2D eigenvalue weighted by Gasteiger charge is 2.33. The van der Waals surface area contributed by atoms with Gasteiger partial charge in [-0.1, -0.05) is 40.9 Å². The molecule has 0 fully saturated rings. The Balaban J connectivity index is 1.58. The Morgan fingerprint density at radius 3 is 2.11 bits per heavy atom. The molecule has 0 aromatic heterocycles. The van der Waals surface area contributed by atoms with Gasteiger partial charge in [-0.15, -0.1) is 11.8 Å². The van der Waals surface area contributed by atoms with Crippen LogP contribution in [0.5, 0.6) is 0 Å². The summed E-state index contributed by atoms with van der Waals surface area (Å²) in [4.78, 5) is 12.0. The van der Waals surface area contributed by atoms with Crippen LogP contribution in [-0.2, 0) is 26.7 Å². The molecule has 5 nitrogen and oxygen atoms in total. The summed E-state index contributed by atoms with van der Waals surface area (Å²) in [5.74, 6) is 0.373. The van der Waals surface area contributed by atoms with Crippen molar-refractivity contribution < 1.29 is 26.4 Å². The van der Waals surface area contributed by atoms with Gasteiger partial charge >= 0.3 is 6.18 Å². The number of amides is 1. The molecule has 3 rings (SSSR count). The molecule has 0 radical (unpaired) electrons. The maximum absolute atomic E-state index is 13.0. The van der Waals surface area contributed by atoms with Crippen molar-refractivity contribution in [2.24, 2.45) is 0 Å². The van der Waals surface area contributed by atoms with Gasteiger partial charge in [0.15, 0.2) is 0 Å². The average Bonchev–Trinajstić information content (AvgIpc) is 2.77. The van der Waals surface area contributed by atoms with Gasteiger partial charge in [-0.05, 0) is 60.2 Å². The smallest absolute Gasteiger partial charge is 0.325 e. The Bertz CT molecular complexity index is 1340. The van der Waals surface area contributed by atoms with Crippen LogP contribution >= 0.6 is 46.6 Å². The molecule has 0 heterocycles. The second-order valence-corrected chi connectivity index (χ2v) is 11.0. The van der Waals surface area contributed by atoms with Gasteiger partial charge in [0, 0.05) is 17.1 Å². The zero-order chi connectivity index (χ0) is 25.8.